The molecule has 5 heteroatoms. The summed E-state index contributed by atoms with van der Waals surface area (Å²) in [7, 11) is 0. The van der Waals surface area contributed by atoms with Crippen LogP contribution in [0.25, 0.3) is 0 Å². The third-order valence-corrected chi connectivity index (χ3v) is 3.16. The van der Waals surface area contributed by atoms with Gasteiger partial charge in [-0.05, 0) is 45.4 Å². The number of carboxylic acids is 1. The minimum absolute atomic E-state index is 0.0982. The van der Waals surface area contributed by atoms with Crippen molar-refractivity contribution in [1.82, 2.24) is 0 Å². The standard InChI is InChI=1S/C14H18O4S/c1-9-5-6-10(13(16)17)11(7-9)19-8-12(15)18-14(2,3)4/h5-7H,8H2,1-4H3,(H,16,17). The fraction of sp³-hybridized carbons (Fsp3) is 0.429. The Balaban J connectivity index is 2.75. The number of ether oxygens (including phenoxy) is 1. The molecular formula is C14H18O4S. The van der Waals surface area contributed by atoms with E-state index in [-0.39, 0.29) is 17.3 Å². The highest BCUT2D eigenvalue weighted by molar-refractivity contribution is 8.00. The maximum Gasteiger partial charge on any atom is 0.336 e. The lowest BCUT2D eigenvalue weighted by atomic mass is 10.1. The predicted octanol–water partition coefficient (Wildman–Crippen LogP) is 3.13. The summed E-state index contributed by atoms with van der Waals surface area (Å²) >= 11 is 1.18. The maximum absolute atomic E-state index is 11.6. The van der Waals surface area contributed by atoms with Crippen molar-refractivity contribution in [3.05, 3.63) is 29.3 Å². The van der Waals surface area contributed by atoms with E-state index in [0.29, 0.717) is 4.90 Å². The van der Waals surface area contributed by atoms with Crippen molar-refractivity contribution in [1.29, 1.82) is 0 Å². The van der Waals surface area contributed by atoms with Crippen LogP contribution in [0.1, 0.15) is 36.7 Å². The van der Waals surface area contributed by atoms with E-state index < -0.39 is 11.6 Å². The molecular weight excluding hydrogens is 264 g/mol. The molecule has 0 saturated heterocycles. The Morgan fingerprint density at radius 2 is 1.95 bits per heavy atom. The molecule has 4 nitrogen and oxygen atoms in total. The average molecular weight is 282 g/mol. The second kappa shape index (κ2) is 6.10. The number of esters is 1. The van der Waals surface area contributed by atoms with Crippen LogP contribution in [0.5, 0.6) is 0 Å². The van der Waals surface area contributed by atoms with Gasteiger partial charge in [0.05, 0.1) is 11.3 Å². The molecule has 0 heterocycles. The minimum atomic E-state index is -0.994. The molecule has 0 aliphatic carbocycles. The van der Waals surface area contributed by atoms with Gasteiger partial charge in [-0.25, -0.2) is 4.79 Å². The number of aryl methyl sites for hydroxylation is 1. The van der Waals surface area contributed by atoms with Gasteiger partial charge in [-0.15, -0.1) is 11.8 Å². The van der Waals surface area contributed by atoms with E-state index in [1.807, 2.05) is 6.92 Å². The Bertz CT molecular complexity index is 489. The van der Waals surface area contributed by atoms with Crippen LogP contribution in [-0.4, -0.2) is 28.4 Å². The molecule has 104 valence electrons. The van der Waals surface area contributed by atoms with Crippen LogP contribution < -0.4 is 0 Å². The summed E-state index contributed by atoms with van der Waals surface area (Å²) in [6, 6.07) is 5.05. The first-order valence-electron chi connectivity index (χ1n) is 5.87. The zero-order valence-electron chi connectivity index (χ0n) is 11.5. The molecule has 0 unspecified atom stereocenters. The third kappa shape index (κ3) is 5.34. The first-order valence-corrected chi connectivity index (χ1v) is 6.86. The van der Waals surface area contributed by atoms with Crippen LogP contribution in [0.3, 0.4) is 0 Å². The summed E-state index contributed by atoms with van der Waals surface area (Å²) in [5.74, 6) is -1.25. The molecule has 0 fully saturated rings. The van der Waals surface area contributed by atoms with Gasteiger partial charge in [0.25, 0.3) is 0 Å². The van der Waals surface area contributed by atoms with Crippen molar-refractivity contribution in [2.45, 2.75) is 38.2 Å². The minimum Gasteiger partial charge on any atom is -0.478 e. The van der Waals surface area contributed by atoms with Gasteiger partial charge in [0.2, 0.25) is 0 Å². The van der Waals surface area contributed by atoms with Crippen molar-refractivity contribution >= 4 is 23.7 Å². The number of hydrogen-bond donors (Lipinski definition) is 1. The Morgan fingerprint density at radius 1 is 1.32 bits per heavy atom. The third-order valence-electron chi connectivity index (χ3n) is 2.13. The molecule has 0 atom stereocenters. The van der Waals surface area contributed by atoms with E-state index in [4.69, 9.17) is 9.84 Å². The molecule has 0 saturated carbocycles. The summed E-state index contributed by atoms with van der Waals surface area (Å²) in [5, 5.41) is 9.08. The molecule has 1 N–H and O–H groups in total. The topological polar surface area (TPSA) is 63.6 Å². The van der Waals surface area contributed by atoms with E-state index in [1.165, 1.54) is 11.8 Å². The fourth-order valence-electron chi connectivity index (χ4n) is 1.43. The highest BCUT2D eigenvalue weighted by Crippen LogP contribution is 2.25. The Morgan fingerprint density at radius 3 is 2.47 bits per heavy atom. The van der Waals surface area contributed by atoms with Crippen LogP contribution in [0.2, 0.25) is 0 Å². The first kappa shape index (κ1) is 15.6. The number of carboxylic acid groups (broad SMARTS) is 1. The van der Waals surface area contributed by atoms with E-state index in [0.717, 1.165) is 5.56 Å². The van der Waals surface area contributed by atoms with Crippen LogP contribution in [0.15, 0.2) is 23.1 Å². The SMILES string of the molecule is Cc1ccc(C(=O)O)c(SCC(=O)OC(C)(C)C)c1. The summed E-state index contributed by atoms with van der Waals surface area (Å²) in [4.78, 5) is 23.3. The predicted molar refractivity (Wildman–Crippen MR) is 74.7 cm³/mol. The zero-order valence-corrected chi connectivity index (χ0v) is 12.3. The molecule has 1 aromatic rings. The second-order valence-electron chi connectivity index (χ2n) is 5.18. The number of benzene rings is 1. The quantitative estimate of drug-likeness (QED) is 0.679. The summed E-state index contributed by atoms with van der Waals surface area (Å²) in [5.41, 5.74) is 0.635. The van der Waals surface area contributed by atoms with Gasteiger partial charge < -0.3 is 9.84 Å². The molecule has 19 heavy (non-hydrogen) atoms. The number of carbonyl (C=O) groups is 2. The second-order valence-corrected chi connectivity index (χ2v) is 6.20. The summed E-state index contributed by atoms with van der Waals surface area (Å²) < 4.78 is 5.18. The molecule has 1 aromatic carbocycles. The van der Waals surface area contributed by atoms with E-state index in [9.17, 15) is 9.59 Å². The summed E-state index contributed by atoms with van der Waals surface area (Å²) in [6.07, 6.45) is 0. The van der Waals surface area contributed by atoms with Gasteiger partial charge in [-0.1, -0.05) is 6.07 Å². The van der Waals surface area contributed by atoms with Gasteiger partial charge in [0, 0.05) is 4.90 Å². The zero-order chi connectivity index (χ0) is 14.6. The van der Waals surface area contributed by atoms with Gasteiger partial charge in [0.1, 0.15) is 5.60 Å². The van der Waals surface area contributed by atoms with Crippen LogP contribution >= 0.6 is 11.8 Å². The van der Waals surface area contributed by atoms with Crippen LogP contribution in [-0.2, 0) is 9.53 Å². The highest BCUT2D eigenvalue weighted by atomic mass is 32.2. The number of aromatic carboxylic acids is 1. The van der Waals surface area contributed by atoms with Crippen molar-refractivity contribution in [3.63, 3.8) is 0 Å². The van der Waals surface area contributed by atoms with E-state index in [1.54, 1.807) is 39.0 Å². The number of hydrogen-bond acceptors (Lipinski definition) is 4. The molecule has 0 radical (unpaired) electrons. The number of rotatable bonds is 4. The number of carbonyl (C=O) groups excluding carboxylic acids is 1. The average Bonchev–Trinajstić information content (AvgIpc) is 2.23. The Labute approximate surface area is 117 Å². The maximum atomic E-state index is 11.6. The monoisotopic (exact) mass is 282 g/mol. The lowest BCUT2D eigenvalue weighted by Gasteiger charge is -2.19. The normalized spacial score (nSPS) is 11.2. The van der Waals surface area contributed by atoms with Gasteiger partial charge in [0.15, 0.2) is 0 Å². The van der Waals surface area contributed by atoms with Crippen molar-refractivity contribution in [3.8, 4) is 0 Å². The van der Waals surface area contributed by atoms with E-state index in [2.05, 4.69) is 0 Å². The molecule has 0 bridgehead atoms. The van der Waals surface area contributed by atoms with Crippen molar-refractivity contribution in [2.75, 3.05) is 5.75 Å². The van der Waals surface area contributed by atoms with Crippen molar-refractivity contribution in [2.24, 2.45) is 0 Å². The van der Waals surface area contributed by atoms with Gasteiger partial charge in [-0.3, -0.25) is 4.79 Å². The lowest BCUT2D eigenvalue weighted by molar-refractivity contribution is -0.151. The molecule has 0 aliphatic heterocycles. The molecule has 0 amide bonds. The van der Waals surface area contributed by atoms with Gasteiger partial charge >= 0.3 is 11.9 Å². The Hall–Kier alpha value is -1.49. The van der Waals surface area contributed by atoms with Crippen molar-refractivity contribution < 1.29 is 19.4 Å². The summed E-state index contributed by atoms with van der Waals surface area (Å²) in [6.45, 7) is 7.27. The number of thioether (sulfide) groups is 1. The highest BCUT2D eigenvalue weighted by Gasteiger charge is 2.18. The van der Waals surface area contributed by atoms with Gasteiger partial charge in [-0.2, -0.15) is 0 Å². The lowest BCUT2D eigenvalue weighted by Crippen LogP contribution is -2.24. The largest absolute Gasteiger partial charge is 0.478 e. The molecule has 1 rings (SSSR count). The molecule has 0 aliphatic rings. The molecule has 0 spiro atoms. The fourth-order valence-corrected chi connectivity index (χ4v) is 2.35. The Kier molecular flexibility index (Phi) is 5.00. The van der Waals surface area contributed by atoms with Crippen LogP contribution in [0, 0.1) is 6.92 Å². The van der Waals surface area contributed by atoms with Crippen LogP contribution in [0.4, 0.5) is 0 Å². The van der Waals surface area contributed by atoms with E-state index >= 15 is 0 Å². The molecule has 0 aromatic heterocycles. The smallest absolute Gasteiger partial charge is 0.336 e. The first-order chi connectivity index (χ1) is 8.69.